The van der Waals surface area contributed by atoms with Gasteiger partial charge < -0.3 is 15.2 Å². The van der Waals surface area contributed by atoms with Crippen molar-refractivity contribution in [1.82, 2.24) is 4.98 Å². The SMILES string of the molecule is Cc1nc(CN)sc1C(=O)OCCOC(C)C. The van der Waals surface area contributed by atoms with Gasteiger partial charge in [-0.2, -0.15) is 0 Å². The van der Waals surface area contributed by atoms with Crippen molar-refractivity contribution in [2.45, 2.75) is 33.4 Å². The molecule has 0 atom stereocenters. The summed E-state index contributed by atoms with van der Waals surface area (Å²) in [6, 6.07) is 0. The van der Waals surface area contributed by atoms with E-state index >= 15 is 0 Å². The van der Waals surface area contributed by atoms with Crippen LogP contribution in [0.3, 0.4) is 0 Å². The topological polar surface area (TPSA) is 74.4 Å². The molecule has 0 aliphatic heterocycles. The zero-order chi connectivity index (χ0) is 12.8. The van der Waals surface area contributed by atoms with Crippen molar-refractivity contribution in [2.24, 2.45) is 5.73 Å². The van der Waals surface area contributed by atoms with E-state index in [0.717, 1.165) is 5.01 Å². The first-order chi connectivity index (χ1) is 8.04. The van der Waals surface area contributed by atoms with E-state index in [0.29, 0.717) is 23.7 Å². The molecule has 0 saturated heterocycles. The van der Waals surface area contributed by atoms with E-state index in [1.54, 1.807) is 6.92 Å². The average molecular weight is 258 g/mol. The molecule has 0 aromatic carbocycles. The van der Waals surface area contributed by atoms with E-state index in [4.69, 9.17) is 15.2 Å². The number of hydrogen-bond donors (Lipinski definition) is 1. The lowest BCUT2D eigenvalue weighted by molar-refractivity contribution is 0.0180. The van der Waals surface area contributed by atoms with E-state index in [9.17, 15) is 4.79 Å². The summed E-state index contributed by atoms with van der Waals surface area (Å²) in [6.45, 7) is 6.65. The zero-order valence-electron chi connectivity index (χ0n) is 10.4. The number of aryl methyl sites for hydroxylation is 1. The summed E-state index contributed by atoms with van der Waals surface area (Å²) in [6.07, 6.45) is 0.141. The van der Waals surface area contributed by atoms with E-state index < -0.39 is 0 Å². The fourth-order valence-corrected chi connectivity index (χ4v) is 2.05. The maximum atomic E-state index is 11.7. The molecular weight excluding hydrogens is 240 g/mol. The summed E-state index contributed by atoms with van der Waals surface area (Å²) >= 11 is 1.28. The number of carbonyl (C=O) groups is 1. The maximum absolute atomic E-state index is 11.7. The Morgan fingerprint density at radius 2 is 2.18 bits per heavy atom. The van der Waals surface area contributed by atoms with E-state index in [1.165, 1.54) is 11.3 Å². The van der Waals surface area contributed by atoms with Gasteiger partial charge in [-0.3, -0.25) is 0 Å². The van der Waals surface area contributed by atoms with Gasteiger partial charge in [-0.05, 0) is 20.8 Å². The Balaban J connectivity index is 2.44. The second-order valence-corrected chi connectivity index (χ2v) is 4.87. The fourth-order valence-electron chi connectivity index (χ4n) is 1.21. The van der Waals surface area contributed by atoms with Crippen molar-refractivity contribution in [3.63, 3.8) is 0 Å². The predicted molar refractivity (Wildman–Crippen MR) is 66.1 cm³/mol. The standard InChI is InChI=1S/C11H18N2O3S/c1-7(2)15-4-5-16-11(14)10-8(3)13-9(6-12)17-10/h7H,4-6,12H2,1-3H3. The molecule has 1 aromatic rings. The van der Waals surface area contributed by atoms with Crippen molar-refractivity contribution in [1.29, 1.82) is 0 Å². The Morgan fingerprint density at radius 3 is 2.71 bits per heavy atom. The highest BCUT2D eigenvalue weighted by Crippen LogP contribution is 2.18. The molecule has 0 saturated carbocycles. The third-order valence-corrected chi connectivity index (χ3v) is 3.13. The number of nitrogens with two attached hydrogens (primary N) is 1. The molecule has 6 heteroatoms. The summed E-state index contributed by atoms with van der Waals surface area (Å²) in [4.78, 5) is 16.4. The molecule has 0 fully saturated rings. The van der Waals surface area contributed by atoms with Crippen molar-refractivity contribution >= 4 is 17.3 Å². The van der Waals surface area contributed by atoms with E-state index in [2.05, 4.69) is 4.98 Å². The average Bonchev–Trinajstić information content (AvgIpc) is 2.65. The highest BCUT2D eigenvalue weighted by Gasteiger charge is 2.15. The third kappa shape index (κ3) is 4.41. The Kier molecular flexibility index (Phi) is 5.54. The molecule has 5 nitrogen and oxygen atoms in total. The third-order valence-electron chi connectivity index (χ3n) is 1.97. The molecule has 0 unspecified atom stereocenters. The van der Waals surface area contributed by atoms with Gasteiger partial charge in [0, 0.05) is 6.54 Å². The summed E-state index contributed by atoms with van der Waals surface area (Å²) < 4.78 is 10.4. The molecule has 0 bridgehead atoms. The monoisotopic (exact) mass is 258 g/mol. The van der Waals surface area contributed by atoms with Crippen LogP contribution in [0.1, 0.15) is 34.2 Å². The van der Waals surface area contributed by atoms with Gasteiger partial charge >= 0.3 is 5.97 Å². The molecule has 96 valence electrons. The molecule has 0 radical (unpaired) electrons. The Hall–Kier alpha value is -0.980. The van der Waals surface area contributed by atoms with Crippen LogP contribution in [0, 0.1) is 6.92 Å². The van der Waals surface area contributed by atoms with Gasteiger partial charge in [0.25, 0.3) is 0 Å². The summed E-state index contributed by atoms with van der Waals surface area (Å²) in [5, 5.41) is 0.743. The number of aromatic nitrogens is 1. The van der Waals surface area contributed by atoms with Crippen molar-refractivity contribution in [2.75, 3.05) is 13.2 Å². The molecule has 0 amide bonds. The highest BCUT2D eigenvalue weighted by atomic mass is 32.1. The minimum absolute atomic E-state index is 0.141. The second-order valence-electron chi connectivity index (χ2n) is 3.78. The van der Waals surface area contributed by atoms with Crippen molar-refractivity contribution in [3.05, 3.63) is 15.6 Å². The summed E-state index contributed by atoms with van der Waals surface area (Å²) in [5.41, 5.74) is 6.13. The van der Waals surface area contributed by atoms with Gasteiger partial charge in [-0.25, -0.2) is 9.78 Å². The van der Waals surface area contributed by atoms with Crippen LogP contribution in [-0.4, -0.2) is 30.3 Å². The van der Waals surface area contributed by atoms with Crippen LogP contribution in [0.15, 0.2) is 0 Å². The summed E-state index contributed by atoms with van der Waals surface area (Å²) in [7, 11) is 0. The predicted octanol–water partition coefficient (Wildman–Crippen LogP) is 1.49. The first-order valence-electron chi connectivity index (χ1n) is 5.49. The van der Waals surface area contributed by atoms with Crippen molar-refractivity contribution < 1.29 is 14.3 Å². The summed E-state index contributed by atoms with van der Waals surface area (Å²) in [5.74, 6) is -0.355. The number of esters is 1. The molecule has 17 heavy (non-hydrogen) atoms. The zero-order valence-corrected chi connectivity index (χ0v) is 11.2. The number of nitrogens with zero attached hydrogens (tertiary/aromatic N) is 1. The van der Waals surface area contributed by atoms with E-state index in [-0.39, 0.29) is 18.7 Å². The molecule has 2 N–H and O–H groups in total. The van der Waals surface area contributed by atoms with Crippen LogP contribution in [0.4, 0.5) is 0 Å². The number of rotatable bonds is 6. The van der Waals surface area contributed by atoms with Gasteiger partial charge in [0.05, 0.1) is 18.4 Å². The van der Waals surface area contributed by atoms with Gasteiger partial charge in [0.15, 0.2) is 0 Å². The van der Waals surface area contributed by atoms with Gasteiger partial charge in [-0.1, -0.05) is 0 Å². The quantitative estimate of drug-likeness (QED) is 0.618. The first-order valence-corrected chi connectivity index (χ1v) is 6.31. The fraction of sp³-hybridized carbons (Fsp3) is 0.636. The maximum Gasteiger partial charge on any atom is 0.350 e. The number of ether oxygens (including phenoxy) is 2. The van der Waals surface area contributed by atoms with Crippen molar-refractivity contribution in [3.8, 4) is 0 Å². The molecule has 0 aliphatic carbocycles. The number of hydrogen-bond acceptors (Lipinski definition) is 6. The highest BCUT2D eigenvalue weighted by molar-refractivity contribution is 7.13. The second kappa shape index (κ2) is 6.68. The molecule has 0 aliphatic rings. The van der Waals surface area contributed by atoms with E-state index in [1.807, 2.05) is 13.8 Å². The van der Waals surface area contributed by atoms with Gasteiger partial charge in [-0.15, -0.1) is 11.3 Å². The molecule has 1 rings (SSSR count). The Labute approximate surface area is 105 Å². The van der Waals surface area contributed by atoms with Gasteiger partial charge in [0.2, 0.25) is 0 Å². The molecular formula is C11H18N2O3S. The Bertz CT molecular complexity index is 377. The normalized spacial score (nSPS) is 10.9. The van der Waals surface area contributed by atoms with Crippen LogP contribution in [0.2, 0.25) is 0 Å². The van der Waals surface area contributed by atoms with Crippen LogP contribution in [-0.2, 0) is 16.0 Å². The molecule has 1 heterocycles. The smallest absolute Gasteiger partial charge is 0.350 e. The minimum atomic E-state index is -0.355. The minimum Gasteiger partial charge on any atom is -0.459 e. The largest absolute Gasteiger partial charge is 0.459 e. The lowest BCUT2D eigenvalue weighted by Gasteiger charge is -2.07. The first kappa shape index (κ1) is 14.1. The number of carbonyl (C=O) groups excluding carboxylic acids is 1. The Morgan fingerprint density at radius 1 is 1.47 bits per heavy atom. The number of thiazole rings is 1. The molecule has 0 spiro atoms. The molecule has 1 aromatic heterocycles. The van der Waals surface area contributed by atoms with Crippen LogP contribution in [0.5, 0.6) is 0 Å². The van der Waals surface area contributed by atoms with Crippen LogP contribution < -0.4 is 5.73 Å². The van der Waals surface area contributed by atoms with Crippen LogP contribution >= 0.6 is 11.3 Å². The lowest BCUT2D eigenvalue weighted by Crippen LogP contribution is -2.13. The van der Waals surface area contributed by atoms with Gasteiger partial charge in [0.1, 0.15) is 16.5 Å². The van der Waals surface area contributed by atoms with Crippen LogP contribution in [0.25, 0.3) is 0 Å². The lowest BCUT2D eigenvalue weighted by atomic mass is 10.4.